The number of benzene rings is 3. The van der Waals surface area contributed by atoms with E-state index < -0.39 is 48.0 Å². The fourth-order valence-electron chi connectivity index (χ4n) is 4.69. The van der Waals surface area contributed by atoms with Crippen molar-refractivity contribution >= 4 is 40.0 Å². The minimum Gasteiger partial charge on any atom is -0.368 e. The van der Waals surface area contributed by atoms with Crippen LogP contribution in [0.1, 0.15) is 23.6 Å². The van der Waals surface area contributed by atoms with Gasteiger partial charge in [-0.1, -0.05) is 43.3 Å². The van der Waals surface area contributed by atoms with Crippen molar-refractivity contribution in [2.45, 2.75) is 19.5 Å². The molecule has 0 saturated heterocycles. The van der Waals surface area contributed by atoms with Gasteiger partial charge in [0.15, 0.2) is 11.6 Å². The number of nitrogens with one attached hydrogen (secondary N) is 1. The molecule has 0 saturated carbocycles. The monoisotopic (exact) mass is 541 g/mol. The lowest BCUT2D eigenvalue weighted by atomic mass is 9.98. The summed E-state index contributed by atoms with van der Waals surface area (Å²) in [5.41, 5.74) is 8.78. The first-order chi connectivity index (χ1) is 19.2. The molecule has 1 aromatic heterocycles. The van der Waals surface area contributed by atoms with Crippen LogP contribution in [0.5, 0.6) is 0 Å². The predicted molar refractivity (Wildman–Crippen MR) is 147 cm³/mol. The zero-order valence-corrected chi connectivity index (χ0v) is 21.5. The maximum absolute atomic E-state index is 13.7. The summed E-state index contributed by atoms with van der Waals surface area (Å²) in [5.74, 6) is -4.61. The van der Waals surface area contributed by atoms with Gasteiger partial charge in [0, 0.05) is 28.6 Å². The Kier molecular flexibility index (Phi) is 7.33. The fourth-order valence-corrected chi connectivity index (χ4v) is 4.69. The third-order valence-electron chi connectivity index (χ3n) is 6.65. The van der Waals surface area contributed by atoms with Crippen LogP contribution in [0.3, 0.4) is 0 Å². The van der Waals surface area contributed by atoms with Gasteiger partial charge in [-0.2, -0.15) is 0 Å². The zero-order chi connectivity index (χ0) is 28.4. The first-order valence-corrected chi connectivity index (χ1v) is 12.6. The summed E-state index contributed by atoms with van der Waals surface area (Å²) in [7, 11) is 0. The molecule has 3 aromatic carbocycles. The summed E-state index contributed by atoms with van der Waals surface area (Å²) >= 11 is 0. The van der Waals surface area contributed by atoms with Crippen LogP contribution in [0.15, 0.2) is 84.0 Å². The largest absolute Gasteiger partial charge is 0.368 e. The lowest BCUT2D eigenvalue weighted by Gasteiger charge is -2.24. The first kappa shape index (κ1) is 26.6. The second-order valence-electron chi connectivity index (χ2n) is 9.56. The van der Waals surface area contributed by atoms with E-state index in [1.165, 1.54) is 11.0 Å². The molecule has 10 heteroatoms. The summed E-state index contributed by atoms with van der Waals surface area (Å²) < 4.78 is 27.0. The number of anilines is 1. The average Bonchev–Trinajstić information content (AvgIpc) is 3.05. The third kappa shape index (κ3) is 5.42. The highest BCUT2D eigenvalue weighted by molar-refractivity contribution is 6.21. The van der Waals surface area contributed by atoms with E-state index in [-0.39, 0.29) is 6.42 Å². The molecule has 8 nitrogen and oxygen atoms in total. The Bertz CT molecular complexity index is 1670. The Balaban J connectivity index is 1.54. The normalized spacial score (nSPS) is 15.7. The number of benzodiazepines with no additional fused rings is 1. The quantitative estimate of drug-likeness (QED) is 0.372. The van der Waals surface area contributed by atoms with Crippen LogP contribution >= 0.6 is 0 Å². The minimum atomic E-state index is -1.38. The van der Waals surface area contributed by atoms with Crippen LogP contribution in [0.25, 0.3) is 10.9 Å². The van der Waals surface area contributed by atoms with E-state index in [1.807, 2.05) is 30.3 Å². The van der Waals surface area contributed by atoms with E-state index in [2.05, 4.69) is 10.3 Å². The average molecular weight is 542 g/mol. The highest BCUT2D eigenvalue weighted by atomic mass is 19.2. The Morgan fingerprint density at radius 3 is 2.60 bits per heavy atom. The molecule has 4 aromatic rings. The lowest BCUT2D eigenvalue weighted by Crippen LogP contribution is -2.50. The standard InChI is InChI=1S/C30H25F2N5O3/c1-17(13-18-8-10-22(31)23(32)14-18)29(39)36-28-30(40)37(16-26(33)38)25-7-3-2-6-21(25)27(35-28)20-9-11-24-19(15-20)5-4-12-34-24/h2-12,14-15,17,28H,13,16H2,1H3,(H2,33,38)(H,36,39)/t17-,28?/m0/s1. The number of carbonyl (C=O) groups is 3. The Labute approximate surface area is 228 Å². The maximum Gasteiger partial charge on any atom is 0.272 e. The number of carbonyl (C=O) groups excluding carboxylic acids is 3. The molecule has 0 bridgehead atoms. The summed E-state index contributed by atoms with van der Waals surface area (Å²) in [4.78, 5) is 49.2. The van der Waals surface area contributed by atoms with E-state index in [0.29, 0.717) is 28.1 Å². The molecule has 3 N–H and O–H groups in total. The molecule has 1 unspecified atom stereocenters. The number of nitrogens with zero attached hydrogens (tertiary/aromatic N) is 3. The molecular formula is C30H25F2N5O3. The number of para-hydroxylation sites is 1. The number of halogens is 2. The first-order valence-electron chi connectivity index (χ1n) is 12.6. The maximum atomic E-state index is 13.7. The molecule has 0 spiro atoms. The van der Waals surface area contributed by atoms with Gasteiger partial charge in [0.2, 0.25) is 18.0 Å². The van der Waals surface area contributed by atoms with Crippen LogP contribution in [-0.4, -0.2) is 41.1 Å². The van der Waals surface area contributed by atoms with E-state index in [4.69, 9.17) is 10.7 Å². The molecule has 202 valence electrons. The SMILES string of the molecule is C[C@@H](Cc1ccc(F)c(F)c1)C(=O)NC1N=C(c2ccc3ncccc3c2)c2ccccc2N(CC(N)=O)C1=O. The highest BCUT2D eigenvalue weighted by Gasteiger charge is 2.34. The molecule has 1 aliphatic heterocycles. The van der Waals surface area contributed by atoms with Crippen molar-refractivity contribution in [2.75, 3.05) is 11.4 Å². The second-order valence-corrected chi connectivity index (χ2v) is 9.56. The molecule has 0 aliphatic carbocycles. The van der Waals surface area contributed by atoms with Crippen LogP contribution in [-0.2, 0) is 20.8 Å². The van der Waals surface area contributed by atoms with Gasteiger partial charge in [0.05, 0.1) is 16.9 Å². The Morgan fingerprint density at radius 2 is 1.82 bits per heavy atom. The molecule has 0 fully saturated rings. The van der Waals surface area contributed by atoms with Crippen LogP contribution in [0.4, 0.5) is 14.5 Å². The molecular weight excluding hydrogens is 516 g/mol. The van der Waals surface area contributed by atoms with Crippen molar-refractivity contribution in [1.82, 2.24) is 10.3 Å². The summed E-state index contributed by atoms with van der Waals surface area (Å²) in [6.45, 7) is 1.19. The van der Waals surface area contributed by atoms with Gasteiger partial charge >= 0.3 is 0 Å². The van der Waals surface area contributed by atoms with Crippen LogP contribution in [0.2, 0.25) is 0 Å². The van der Waals surface area contributed by atoms with Crippen molar-refractivity contribution in [1.29, 1.82) is 0 Å². The van der Waals surface area contributed by atoms with Crippen molar-refractivity contribution in [3.05, 3.63) is 107 Å². The molecule has 5 rings (SSSR count). The number of rotatable bonds is 7. The number of nitrogens with two attached hydrogens (primary N) is 1. The van der Waals surface area contributed by atoms with E-state index in [9.17, 15) is 23.2 Å². The summed E-state index contributed by atoms with van der Waals surface area (Å²) in [6.07, 6.45) is 0.406. The van der Waals surface area contributed by atoms with E-state index in [0.717, 1.165) is 23.0 Å². The smallest absolute Gasteiger partial charge is 0.272 e. The third-order valence-corrected chi connectivity index (χ3v) is 6.65. The molecule has 2 heterocycles. The molecule has 40 heavy (non-hydrogen) atoms. The minimum absolute atomic E-state index is 0.101. The topological polar surface area (TPSA) is 118 Å². The molecule has 0 radical (unpaired) electrons. The van der Waals surface area contributed by atoms with Crippen molar-refractivity contribution in [2.24, 2.45) is 16.6 Å². The second kappa shape index (κ2) is 11.0. The zero-order valence-electron chi connectivity index (χ0n) is 21.5. The van der Waals surface area contributed by atoms with E-state index in [1.54, 1.807) is 37.4 Å². The van der Waals surface area contributed by atoms with Crippen LogP contribution in [0, 0.1) is 17.6 Å². The number of hydrogen-bond acceptors (Lipinski definition) is 5. The van der Waals surface area contributed by atoms with Crippen LogP contribution < -0.4 is 16.0 Å². The number of pyridine rings is 1. The lowest BCUT2D eigenvalue weighted by molar-refractivity contribution is -0.129. The summed E-state index contributed by atoms with van der Waals surface area (Å²) in [5, 5.41) is 3.53. The Morgan fingerprint density at radius 1 is 1.02 bits per heavy atom. The van der Waals surface area contributed by atoms with Crippen molar-refractivity contribution < 1.29 is 23.2 Å². The van der Waals surface area contributed by atoms with Gasteiger partial charge in [0.1, 0.15) is 6.54 Å². The number of aromatic nitrogens is 1. The van der Waals surface area contributed by atoms with E-state index >= 15 is 0 Å². The number of hydrogen-bond donors (Lipinski definition) is 2. The van der Waals surface area contributed by atoms with Crippen molar-refractivity contribution in [3.8, 4) is 0 Å². The molecule has 3 amide bonds. The van der Waals surface area contributed by atoms with Gasteiger partial charge in [-0.3, -0.25) is 24.3 Å². The number of primary amides is 1. The number of aliphatic imine (C=N–C) groups is 1. The molecule has 1 aliphatic rings. The van der Waals surface area contributed by atoms with Gasteiger partial charge in [-0.15, -0.1) is 0 Å². The highest BCUT2D eigenvalue weighted by Crippen LogP contribution is 2.29. The van der Waals surface area contributed by atoms with Gasteiger partial charge in [-0.05, 0) is 48.4 Å². The van der Waals surface area contributed by atoms with Gasteiger partial charge in [0.25, 0.3) is 5.91 Å². The van der Waals surface area contributed by atoms with Crippen molar-refractivity contribution in [3.63, 3.8) is 0 Å². The Hall–Kier alpha value is -4.99. The molecule has 2 atom stereocenters. The fraction of sp³-hybridized carbons (Fsp3) is 0.167. The summed E-state index contributed by atoms with van der Waals surface area (Å²) in [6, 6.07) is 19.7. The predicted octanol–water partition coefficient (Wildman–Crippen LogP) is 3.50. The number of amides is 3. The van der Waals surface area contributed by atoms with Gasteiger partial charge < -0.3 is 11.1 Å². The van der Waals surface area contributed by atoms with Gasteiger partial charge in [-0.25, -0.2) is 13.8 Å². The number of fused-ring (bicyclic) bond motifs is 2.